The molecule has 0 aliphatic heterocycles. The predicted molar refractivity (Wildman–Crippen MR) is 100 cm³/mol. The first-order chi connectivity index (χ1) is 12.3. The molecule has 26 heavy (non-hydrogen) atoms. The van der Waals surface area contributed by atoms with Gasteiger partial charge >= 0.3 is 5.97 Å². The molecular weight excluding hydrogens is 375 g/mol. The summed E-state index contributed by atoms with van der Waals surface area (Å²) in [6.07, 6.45) is 0. The Hall–Kier alpha value is -2.56. The quantitative estimate of drug-likeness (QED) is 0.313. The number of rotatable bonds is 4. The molecule has 0 radical (unpaired) electrons. The van der Waals surface area contributed by atoms with E-state index >= 15 is 0 Å². The minimum atomic E-state index is -0.708. The number of benzene rings is 2. The molecular formula is C20H14Cl2O4. The van der Waals surface area contributed by atoms with E-state index in [2.05, 4.69) is 0 Å². The number of hydrogen-bond donors (Lipinski definition) is 0. The molecule has 0 fully saturated rings. The highest BCUT2D eigenvalue weighted by molar-refractivity contribution is 6.35. The molecule has 0 saturated heterocycles. The minimum absolute atomic E-state index is 0.00822. The Bertz CT molecular complexity index is 1000. The van der Waals surface area contributed by atoms with Crippen LogP contribution in [0.2, 0.25) is 10.0 Å². The fourth-order valence-corrected chi connectivity index (χ4v) is 2.82. The lowest BCUT2D eigenvalue weighted by Crippen LogP contribution is -2.10. The topological polar surface area (TPSA) is 56.5 Å². The molecule has 2 aromatic carbocycles. The zero-order valence-corrected chi connectivity index (χ0v) is 15.5. The van der Waals surface area contributed by atoms with Crippen molar-refractivity contribution < 1.29 is 18.7 Å². The summed E-state index contributed by atoms with van der Waals surface area (Å²) in [6, 6.07) is 13.1. The van der Waals surface area contributed by atoms with Crippen LogP contribution in [0.1, 0.15) is 33.4 Å². The van der Waals surface area contributed by atoms with Gasteiger partial charge in [-0.3, -0.25) is 4.79 Å². The Morgan fingerprint density at radius 2 is 1.77 bits per heavy atom. The molecule has 6 heteroatoms. The molecule has 0 bridgehead atoms. The van der Waals surface area contributed by atoms with E-state index in [9.17, 15) is 9.59 Å². The Kier molecular flexibility index (Phi) is 5.16. The van der Waals surface area contributed by atoms with Gasteiger partial charge in [-0.15, -0.1) is 0 Å². The van der Waals surface area contributed by atoms with Crippen molar-refractivity contribution in [1.82, 2.24) is 0 Å². The highest BCUT2D eigenvalue weighted by Crippen LogP contribution is 2.32. The number of Topliss-reactive ketones (excluding diaryl/α,β-unsaturated/α-hetero) is 1. The summed E-state index contributed by atoms with van der Waals surface area (Å²) in [7, 11) is 0. The van der Waals surface area contributed by atoms with Crippen molar-refractivity contribution in [2.24, 2.45) is 0 Å². The van der Waals surface area contributed by atoms with Crippen LogP contribution in [0.25, 0.3) is 11.3 Å². The lowest BCUT2D eigenvalue weighted by molar-refractivity contribution is 0.0700. The molecule has 1 aromatic heterocycles. The smallest absolute Gasteiger partial charge is 0.379 e. The fraction of sp³-hybridized carbons (Fsp3) is 0.100. The van der Waals surface area contributed by atoms with E-state index in [1.54, 1.807) is 42.5 Å². The number of furan rings is 1. The van der Waals surface area contributed by atoms with Crippen molar-refractivity contribution in [2.45, 2.75) is 13.8 Å². The van der Waals surface area contributed by atoms with E-state index in [0.29, 0.717) is 26.9 Å². The van der Waals surface area contributed by atoms with E-state index in [-0.39, 0.29) is 17.3 Å². The molecule has 1 heterocycles. The third-order valence-electron chi connectivity index (χ3n) is 3.72. The largest absolute Gasteiger partial charge is 0.449 e. The third kappa shape index (κ3) is 3.82. The first kappa shape index (κ1) is 18.2. The molecule has 0 amide bonds. The first-order valence-corrected chi connectivity index (χ1v) is 8.50. The summed E-state index contributed by atoms with van der Waals surface area (Å²) in [4.78, 5) is 24.1. The molecule has 3 aromatic rings. The molecule has 0 atom stereocenters. The van der Waals surface area contributed by atoms with Gasteiger partial charge in [-0.2, -0.15) is 0 Å². The van der Waals surface area contributed by atoms with Crippen LogP contribution in [0.4, 0.5) is 0 Å². The van der Waals surface area contributed by atoms with Crippen LogP contribution in [-0.2, 0) is 0 Å². The second-order valence-corrected chi connectivity index (χ2v) is 6.58. The molecule has 4 nitrogen and oxygen atoms in total. The lowest BCUT2D eigenvalue weighted by Gasteiger charge is -2.08. The summed E-state index contributed by atoms with van der Waals surface area (Å²) >= 11 is 12.1. The maximum atomic E-state index is 12.4. The zero-order chi connectivity index (χ0) is 18.8. The average molecular weight is 389 g/mol. The van der Waals surface area contributed by atoms with E-state index in [1.165, 1.54) is 13.0 Å². The molecule has 0 saturated carbocycles. The van der Waals surface area contributed by atoms with Gasteiger partial charge in [0.2, 0.25) is 5.76 Å². The second kappa shape index (κ2) is 7.36. The molecule has 0 spiro atoms. The van der Waals surface area contributed by atoms with Crippen LogP contribution >= 0.6 is 23.2 Å². The summed E-state index contributed by atoms with van der Waals surface area (Å²) in [5.74, 6) is -0.332. The van der Waals surface area contributed by atoms with Gasteiger partial charge in [0.15, 0.2) is 5.78 Å². The van der Waals surface area contributed by atoms with Crippen LogP contribution in [0.15, 0.2) is 52.9 Å². The van der Waals surface area contributed by atoms with E-state index in [1.807, 2.05) is 6.92 Å². The lowest BCUT2D eigenvalue weighted by atomic mass is 10.1. The first-order valence-electron chi connectivity index (χ1n) is 7.74. The van der Waals surface area contributed by atoms with Crippen LogP contribution in [0.5, 0.6) is 5.75 Å². The zero-order valence-electron chi connectivity index (χ0n) is 14.0. The molecule has 0 unspecified atom stereocenters. The molecule has 132 valence electrons. The number of carbonyl (C=O) groups is 2. The van der Waals surface area contributed by atoms with Crippen molar-refractivity contribution in [3.63, 3.8) is 0 Å². The third-order valence-corrected chi connectivity index (χ3v) is 4.28. The number of esters is 1. The normalized spacial score (nSPS) is 10.6. The maximum absolute atomic E-state index is 12.4. The van der Waals surface area contributed by atoms with Gasteiger partial charge in [0.05, 0.1) is 10.6 Å². The van der Waals surface area contributed by atoms with Gasteiger partial charge in [-0.05, 0) is 56.3 Å². The summed E-state index contributed by atoms with van der Waals surface area (Å²) in [5, 5.41) is 0.941. The molecule has 0 N–H and O–H groups in total. The standard InChI is InChI=1S/C20H14Cl2O4/c1-11-3-6-17(14(9-11)12(2)23)26-20(24)19-8-7-18(25-19)15-10-13(21)4-5-16(15)22/h3-10H,1-2H3. The van der Waals surface area contributed by atoms with E-state index in [4.69, 9.17) is 32.4 Å². The van der Waals surface area contributed by atoms with Crippen LogP contribution in [0.3, 0.4) is 0 Å². The van der Waals surface area contributed by atoms with Crippen molar-refractivity contribution in [1.29, 1.82) is 0 Å². The maximum Gasteiger partial charge on any atom is 0.379 e. The number of hydrogen-bond acceptors (Lipinski definition) is 4. The fourth-order valence-electron chi connectivity index (χ4n) is 2.44. The number of carbonyl (C=O) groups excluding carboxylic acids is 2. The predicted octanol–water partition coefficient (Wildman–Crippen LogP) is 5.98. The van der Waals surface area contributed by atoms with Crippen molar-refractivity contribution >= 4 is 35.0 Å². The highest BCUT2D eigenvalue weighted by atomic mass is 35.5. The van der Waals surface area contributed by atoms with Gasteiger partial charge in [-0.1, -0.05) is 34.8 Å². The summed E-state index contributed by atoms with van der Waals surface area (Å²) < 4.78 is 10.9. The Morgan fingerprint density at radius 1 is 1.00 bits per heavy atom. The molecule has 3 rings (SSSR count). The monoisotopic (exact) mass is 388 g/mol. The molecule has 0 aliphatic rings. The summed E-state index contributed by atoms with van der Waals surface area (Å²) in [5.41, 5.74) is 1.80. The van der Waals surface area contributed by atoms with Gasteiger partial charge in [0.25, 0.3) is 0 Å². The van der Waals surface area contributed by atoms with Crippen molar-refractivity contribution in [2.75, 3.05) is 0 Å². The summed E-state index contributed by atoms with van der Waals surface area (Å²) in [6.45, 7) is 3.27. The Labute approximate surface area is 160 Å². The average Bonchev–Trinajstić information content (AvgIpc) is 3.08. The second-order valence-electron chi connectivity index (χ2n) is 5.73. The molecule has 0 aliphatic carbocycles. The van der Waals surface area contributed by atoms with E-state index in [0.717, 1.165) is 5.56 Å². The van der Waals surface area contributed by atoms with Gasteiger partial charge in [0, 0.05) is 10.6 Å². The highest BCUT2D eigenvalue weighted by Gasteiger charge is 2.19. The van der Waals surface area contributed by atoms with Crippen molar-refractivity contribution in [3.8, 4) is 17.1 Å². The number of ether oxygens (including phenoxy) is 1. The van der Waals surface area contributed by atoms with E-state index < -0.39 is 5.97 Å². The number of halogens is 2. The number of ketones is 1. The van der Waals surface area contributed by atoms with Gasteiger partial charge in [-0.25, -0.2) is 4.79 Å². The van der Waals surface area contributed by atoms with Crippen LogP contribution in [-0.4, -0.2) is 11.8 Å². The Balaban J connectivity index is 1.88. The minimum Gasteiger partial charge on any atom is -0.449 e. The number of aryl methyl sites for hydroxylation is 1. The van der Waals surface area contributed by atoms with Crippen LogP contribution < -0.4 is 4.74 Å². The van der Waals surface area contributed by atoms with Crippen LogP contribution in [0, 0.1) is 6.92 Å². The SMILES string of the molecule is CC(=O)c1cc(C)ccc1OC(=O)c1ccc(-c2cc(Cl)ccc2Cl)o1. The van der Waals surface area contributed by atoms with Gasteiger partial charge < -0.3 is 9.15 Å². The Morgan fingerprint density at radius 3 is 2.50 bits per heavy atom. The van der Waals surface area contributed by atoms with Crippen molar-refractivity contribution in [3.05, 3.63) is 75.5 Å². The van der Waals surface area contributed by atoms with Gasteiger partial charge in [0.1, 0.15) is 11.5 Å².